The molecule has 0 aromatic heterocycles. The Balaban J connectivity index is -0.0000000154. The Morgan fingerprint density at radius 3 is 1.25 bits per heavy atom. The second-order valence-electron chi connectivity index (χ2n) is 0.448. The van der Waals surface area contributed by atoms with E-state index < -0.39 is 10.4 Å². The molecule has 0 saturated heterocycles. The molecule has 0 aliphatic rings. The van der Waals surface area contributed by atoms with Gasteiger partial charge in [0.1, 0.15) is 0 Å². The van der Waals surface area contributed by atoms with Gasteiger partial charge < -0.3 is 2.85 Å². The average Bonchev–Trinajstić information content (AvgIpc) is 1.36. The van der Waals surface area contributed by atoms with Gasteiger partial charge in [-0.15, -0.1) is 13.2 Å². The minimum Gasteiger partial charge on any atom is -1.00 e. The van der Waals surface area contributed by atoms with Gasteiger partial charge in [0.25, 0.3) is 0 Å². The fourth-order valence-corrected chi connectivity index (χ4v) is 0. The fraction of sp³-hybridized carbons (Fsp3) is 0. The van der Waals surface area contributed by atoms with Gasteiger partial charge in [-0.25, -0.2) is 0 Å². The van der Waals surface area contributed by atoms with Crippen LogP contribution in [0.4, 0.5) is 0 Å². The van der Waals surface area contributed by atoms with Crippen molar-refractivity contribution in [3.8, 4) is 0 Å². The van der Waals surface area contributed by atoms with Gasteiger partial charge in [0.15, 0.2) is 0 Å². The molecule has 0 heterocycles. The first-order chi connectivity index (χ1) is 3.00. The topological polar surface area (TPSA) is 74.6 Å². The second-order valence-corrected chi connectivity index (χ2v) is 1.34. The van der Waals surface area contributed by atoms with Gasteiger partial charge in [0.05, 0.1) is 0 Å². The molecule has 2 N–H and O–H groups in total. The molecule has 0 fully saturated rings. The number of rotatable bonds is 0. The van der Waals surface area contributed by atoms with Crippen molar-refractivity contribution in [2.75, 3.05) is 0 Å². The summed E-state index contributed by atoms with van der Waals surface area (Å²) < 4.78 is 31.6. The van der Waals surface area contributed by atoms with E-state index >= 15 is 0 Å². The molecule has 0 aliphatic carbocycles. The van der Waals surface area contributed by atoms with Crippen molar-refractivity contribution in [1.29, 1.82) is 0 Å². The normalized spacial score (nSPS) is 7.75. The summed E-state index contributed by atoms with van der Waals surface area (Å²) in [6, 6.07) is 0. The zero-order valence-corrected chi connectivity index (χ0v) is 9.50. The van der Waals surface area contributed by atoms with Crippen molar-refractivity contribution in [1.82, 2.24) is 0 Å². The largest absolute Gasteiger partial charge is 2.00 e. The van der Waals surface area contributed by atoms with Crippen LogP contribution < -0.4 is 0 Å². The van der Waals surface area contributed by atoms with E-state index in [1.165, 1.54) is 0 Å². The smallest absolute Gasteiger partial charge is 1.00 e. The molecule has 0 saturated carbocycles. The number of hydrogen-bond donors (Lipinski definition) is 2. The van der Waals surface area contributed by atoms with Gasteiger partial charge in [-0.2, -0.15) is 8.42 Å². The minimum absolute atomic E-state index is 0. The second kappa shape index (κ2) is 8.18. The van der Waals surface area contributed by atoms with Crippen molar-refractivity contribution in [3.63, 3.8) is 0 Å². The van der Waals surface area contributed by atoms with E-state index in [9.17, 15) is 0 Å². The van der Waals surface area contributed by atoms with Crippen LogP contribution in [0.25, 0.3) is 0 Å². The fourth-order valence-electron chi connectivity index (χ4n) is 0. The summed E-state index contributed by atoms with van der Waals surface area (Å²) in [7, 11) is -4.67. The molecule has 0 unspecified atom stereocenters. The van der Waals surface area contributed by atoms with E-state index in [0.717, 1.165) is 0 Å². The van der Waals surface area contributed by atoms with Gasteiger partial charge in [0.2, 0.25) is 0 Å². The SMILES string of the molecule is C=C.O=S(=O)(O)O.[Ba+2].[H-].[H-]. The average molecular weight is 265 g/mol. The van der Waals surface area contributed by atoms with Crippen LogP contribution in [0.1, 0.15) is 2.85 Å². The van der Waals surface area contributed by atoms with E-state index in [1.54, 1.807) is 0 Å². The zero-order chi connectivity index (χ0) is 6.50. The van der Waals surface area contributed by atoms with E-state index in [4.69, 9.17) is 17.5 Å². The molecule has 0 aliphatic heterocycles. The minimum atomic E-state index is -4.67. The van der Waals surface area contributed by atoms with Crippen LogP contribution in [0.5, 0.6) is 0 Å². The van der Waals surface area contributed by atoms with Crippen LogP contribution in [0.15, 0.2) is 13.2 Å². The maximum Gasteiger partial charge on any atom is 2.00 e. The third kappa shape index (κ3) is 197. The molecule has 0 amide bonds. The molecule has 48 valence electrons. The van der Waals surface area contributed by atoms with Crippen LogP contribution in [0.2, 0.25) is 0 Å². The van der Waals surface area contributed by atoms with E-state index in [1.807, 2.05) is 0 Å². The molecule has 0 atom stereocenters. The molecule has 0 aromatic rings. The Morgan fingerprint density at radius 1 is 1.25 bits per heavy atom. The van der Waals surface area contributed by atoms with E-state index in [0.29, 0.717) is 0 Å². The number of hydrogen-bond acceptors (Lipinski definition) is 2. The first kappa shape index (κ1) is 16.1. The van der Waals surface area contributed by atoms with E-state index in [-0.39, 0.29) is 51.7 Å². The molecule has 0 radical (unpaired) electrons. The first-order valence-electron chi connectivity index (χ1n) is 1.20. The third-order valence-electron chi connectivity index (χ3n) is 0. The van der Waals surface area contributed by atoms with Crippen LogP contribution in [-0.2, 0) is 10.4 Å². The maximum atomic E-state index is 8.74. The van der Waals surface area contributed by atoms with Crippen molar-refractivity contribution >= 4 is 59.3 Å². The maximum absolute atomic E-state index is 8.74. The molecule has 0 spiro atoms. The van der Waals surface area contributed by atoms with Crippen molar-refractivity contribution in [2.45, 2.75) is 0 Å². The summed E-state index contributed by atoms with van der Waals surface area (Å²) in [5.41, 5.74) is 0. The Morgan fingerprint density at radius 2 is 1.25 bits per heavy atom. The summed E-state index contributed by atoms with van der Waals surface area (Å²) in [5.74, 6) is 0. The van der Waals surface area contributed by atoms with Crippen molar-refractivity contribution < 1.29 is 20.4 Å². The molecule has 0 rings (SSSR count). The van der Waals surface area contributed by atoms with Crippen LogP contribution in [0.3, 0.4) is 0 Å². The molecule has 8 heavy (non-hydrogen) atoms. The van der Waals surface area contributed by atoms with Crippen LogP contribution in [-0.4, -0.2) is 66.4 Å². The Hall–Kier alpha value is 1.18. The predicted octanol–water partition coefficient (Wildman–Crippen LogP) is -0.00640. The summed E-state index contributed by atoms with van der Waals surface area (Å²) in [4.78, 5) is 0. The summed E-state index contributed by atoms with van der Waals surface area (Å²) in [6.45, 7) is 6.00. The van der Waals surface area contributed by atoms with Gasteiger partial charge in [0, 0.05) is 0 Å². The molecule has 4 nitrogen and oxygen atoms in total. The summed E-state index contributed by atoms with van der Waals surface area (Å²) >= 11 is 0. The first-order valence-corrected chi connectivity index (χ1v) is 2.60. The molecular formula is C2H8BaO4S. The van der Waals surface area contributed by atoms with E-state index in [2.05, 4.69) is 13.2 Å². The Kier molecular flexibility index (Phi) is 16.4. The third-order valence-corrected chi connectivity index (χ3v) is 0. The van der Waals surface area contributed by atoms with Crippen LogP contribution in [0, 0.1) is 0 Å². The van der Waals surface area contributed by atoms with Gasteiger partial charge in [-0.05, 0) is 0 Å². The summed E-state index contributed by atoms with van der Waals surface area (Å²) in [5, 5.41) is 0. The quantitative estimate of drug-likeness (QED) is 0.367. The summed E-state index contributed by atoms with van der Waals surface area (Å²) in [6.07, 6.45) is 0. The van der Waals surface area contributed by atoms with Crippen molar-refractivity contribution in [2.24, 2.45) is 0 Å². The van der Waals surface area contributed by atoms with Gasteiger partial charge in [-0.1, -0.05) is 0 Å². The molecule has 0 bridgehead atoms. The monoisotopic (exact) mass is 266 g/mol. The molecular weight excluding hydrogens is 257 g/mol. The van der Waals surface area contributed by atoms with Gasteiger partial charge >= 0.3 is 59.3 Å². The Labute approximate surface area is 91.6 Å². The predicted molar refractivity (Wildman–Crippen MR) is 33.4 cm³/mol. The van der Waals surface area contributed by atoms with Crippen molar-refractivity contribution in [3.05, 3.63) is 13.2 Å². The molecule has 6 heteroatoms. The van der Waals surface area contributed by atoms with Gasteiger partial charge in [-0.3, -0.25) is 9.11 Å². The van der Waals surface area contributed by atoms with Crippen LogP contribution >= 0.6 is 0 Å². The zero-order valence-electron chi connectivity index (χ0n) is 6.24. The molecule has 0 aromatic carbocycles. The Bertz CT molecular complexity index is 115. The standard InChI is InChI=1S/C2H4.Ba.H2O4S.2H/c1-2;;1-5(2,3)4;;/h1-2H2;;(H2,1,2,3,4);;/q;+2;;2*-1.